The van der Waals surface area contributed by atoms with E-state index in [-0.39, 0.29) is 0 Å². The van der Waals surface area contributed by atoms with Crippen LogP contribution >= 0.6 is 0 Å². The molecule has 0 spiro atoms. The third kappa shape index (κ3) is 1.20. The summed E-state index contributed by atoms with van der Waals surface area (Å²) in [4.78, 5) is 0. The molecular formula is C6H13NO. The lowest BCUT2D eigenvalue weighted by molar-refractivity contribution is 0.0135. The fourth-order valence-electron chi connectivity index (χ4n) is 0.842. The van der Waals surface area contributed by atoms with Crippen LogP contribution in [0, 0.1) is 0 Å². The molecular weight excluding hydrogens is 102 g/mol. The van der Waals surface area contributed by atoms with E-state index in [0.29, 0.717) is 12.1 Å². The second-order valence-electron chi connectivity index (χ2n) is 2.32. The summed E-state index contributed by atoms with van der Waals surface area (Å²) in [6, 6.07) is 0.531. The normalized spacial score (nSPS) is 39.8. The van der Waals surface area contributed by atoms with E-state index in [2.05, 4.69) is 19.2 Å². The molecule has 8 heavy (non-hydrogen) atoms. The average molecular weight is 115 g/mol. The second-order valence-corrected chi connectivity index (χ2v) is 2.32. The molecule has 1 heterocycles. The Balaban J connectivity index is 2.28. The zero-order valence-electron chi connectivity index (χ0n) is 5.48. The molecule has 0 aliphatic carbocycles. The molecule has 1 fully saturated rings. The van der Waals surface area contributed by atoms with Gasteiger partial charge in [0.1, 0.15) is 0 Å². The summed E-state index contributed by atoms with van der Waals surface area (Å²) >= 11 is 0. The van der Waals surface area contributed by atoms with Gasteiger partial charge in [0.15, 0.2) is 0 Å². The van der Waals surface area contributed by atoms with Crippen LogP contribution in [0.1, 0.15) is 13.8 Å². The van der Waals surface area contributed by atoms with Crippen molar-refractivity contribution in [1.82, 2.24) is 5.32 Å². The van der Waals surface area contributed by atoms with Gasteiger partial charge in [0.25, 0.3) is 0 Å². The molecule has 0 aromatic carbocycles. The van der Waals surface area contributed by atoms with Crippen molar-refractivity contribution in [3.63, 3.8) is 0 Å². The zero-order chi connectivity index (χ0) is 5.98. The van der Waals surface area contributed by atoms with Crippen LogP contribution in [0.3, 0.4) is 0 Å². The smallest absolute Gasteiger partial charge is 0.0697 e. The van der Waals surface area contributed by atoms with Crippen LogP contribution in [-0.2, 0) is 4.74 Å². The first-order valence-corrected chi connectivity index (χ1v) is 3.15. The highest BCUT2D eigenvalue weighted by atomic mass is 16.5. The van der Waals surface area contributed by atoms with Gasteiger partial charge in [-0.15, -0.1) is 0 Å². The standard InChI is InChI=1S/C6H13NO/c1-5-6(2)8-4-3-7-5/h5-7H,3-4H2,1-2H3/t5-,6-/m0/s1. The Hall–Kier alpha value is -0.0800. The maximum Gasteiger partial charge on any atom is 0.0697 e. The molecule has 0 bridgehead atoms. The van der Waals surface area contributed by atoms with E-state index >= 15 is 0 Å². The highest BCUT2D eigenvalue weighted by Crippen LogP contribution is 2.00. The van der Waals surface area contributed by atoms with Gasteiger partial charge in [-0.3, -0.25) is 0 Å². The molecule has 0 aromatic heterocycles. The van der Waals surface area contributed by atoms with Crippen LogP contribution in [0.15, 0.2) is 0 Å². The van der Waals surface area contributed by atoms with Crippen molar-refractivity contribution >= 4 is 0 Å². The molecule has 0 amide bonds. The molecule has 2 heteroatoms. The van der Waals surface area contributed by atoms with Crippen molar-refractivity contribution < 1.29 is 4.74 Å². The van der Waals surface area contributed by atoms with Crippen molar-refractivity contribution in [2.45, 2.75) is 26.0 Å². The fourth-order valence-corrected chi connectivity index (χ4v) is 0.842. The summed E-state index contributed by atoms with van der Waals surface area (Å²) < 4.78 is 5.33. The van der Waals surface area contributed by atoms with Crippen molar-refractivity contribution in [2.75, 3.05) is 13.2 Å². The number of rotatable bonds is 0. The number of hydrogen-bond donors (Lipinski definition) is 1. The minimum atomic E-state index is 0.392. The van der Waals surface area contributed by atoms with E-state index in [4.69, 9.17) is 4.74 Å². The van der Waals surface area contributed by atoms with Crippen LogP contribution in [0.25, 0.3) is 0 Å². The predicted molar refractivity (Wildman–Crippen MR) is 32.9 cm³/mol. The molecule has 2 atom stereocenters. The predicted octanol–water partition coefficient (Wildman–Crippen LogP) is 0.383. The maximum atomic E-state index is 5.33. The number of nitrogens with one attached hydrogen (secondary N) is 1. The maximum absolute atomic E-state index is 5.33. The van der Waals surface area contributed by atoms with E-state index in [9.17, 15) is 0 Å². The Morgan fingerprint density at radius 3 is 2.62 bits per heavy atom. The fraction of sp³-hybridized carbons (Fsp3) is 1.00. The van der Waals surface area contributed by atoms with Crippen LogP contribution in [0.2, 0.25) is 0 Å². The van der Waals surface area contributed by atoms with E-state index in [0.717, 1.165) is 13.2 Å². The van der Waals surface area contributed by atoms with Crippen molar-refractivity contribution in [3.8, 4) is 0 Å². The quantitative estimate of drug-likeness (QED) is 0.493. The molecule has 1 N–H and O–H groups in total. The molecule has 1 rings (SSSR count). The molecule has 0 aromatic rings. The lowest BCUT2D eigenvalue weighted by Crippen LogP contribution is -2.44. The molecule has 48 valence electrons. The third-order valence-corrected chi connectivity index (χ3v) is 1.65. The Labute approximate surface area is 50.2 Å². The Morgan fingerprint density at radius 1 is 1.50 bits per heavy atom. The van der Waals surface area contributed by atoms with Gasteiger partial charge in [-0.05, 0) is 13.8 Å². The van der Waals surface area contributed by atoms with Gasteiger partial charge in [-0.2, -0.15) is 0 Å². The highest BCUT2D eigenvalue weighted by molar-refractivity contribution is 4.71. The van der Waals surface area contributed by atoms with Gasteiger partial charge in [0.2, 0.25) is 0 Å². The summed E-state index contributed by atoms with van der Waals surface area (Å²) in [5.74, 6) is 0. The van der Waals surface area contributed by atoms with Crippen LogP contribution < -0.4 is 5.32 Å². The average Bonchev–Trinajstić information content (AvgIpc) is 1.77. The van der Waals surface area contributed by atoms with Gasteiger partial charge in [-0.1, -0.05) is 0 Å². The Morgan fingerprint density at radius 2 is 2.25 bits per heavy atom. The first kappa shape index (κ1) is 6.05. The number of morpholine rings is 1. The molecule has 1 saturated heterocycles. The summed E-state index contributed by atoms with van der Waals surface area (Å²) in [6.07, 6.45) is 0.392. The third-order valence-electron chi connectivity index (χ3n) is 1.65. The van der Waals surface area contributed by atoms with E-state index in [1.807, 2.05) is 0 Å². The van der Waals surface area contributed by atoms with Gasteiger partial charge in [0.05, 0.1) is 12.7 Å². The van der Waals surface area contributed by atoms with Crippen LogP contribution in [-0.4, -0.2) is 25.3 Å². The first-order chi connectivity index (χ1) is 3.80. The topological polar surface area (TPSA) is 21.3 Å². The lowest BCUT2D eigenvalue weighted by atomic mass is 10.2. The number of hydrogen-bond acceptors (Lipinski definition) is 2. The SMILES string of the molecule is C[C@@H]1NCCO[C@H]1C. The van der Waals surface area contributed by atoms with Crippen LogP contribution in [0.4, 0.5) is 0 Å². The van der Waals surface area contributed by atoms with Gasteiger partial charge in [-0.25, -0.2) is 0 Å². The van der Waals surface area contributed by atoms with Crippen molar-refractivity contribution in [3.05, 3.63) is 0 Å². The molecule has 1 aliphatic rings. The van der Waals surface area contributed by atoms with E-state index in [1.165, 1.54) is 0 Å². The summed E-state index contributed by atoms with van der Waals surface area (Å²) in [6.45, 7) is 6.11. The number of ether oxygens (including phenoxy) is 1. The minimum absolute atomic E-state index is 0.392. The largest absolute Gasteiger partial charge is 0.376 e. The van der Waals surface area contributed by atoms with E-state index in [1.54, 1.807) is 0 Å². The molecule has 1 aliphatic heterocycles. The minimum Gasteiger partial charge on any atom is -0.376 e. The molecule has 0 unspecified atom stereocenters. The Kier molecular flexibility index (Phi) is 1.86. The summed E-state index contributed by atoms with van der Waals surface area (Å²) in [7, 11) is 0. The molecule has 2 nitrogen and oxygen atoms in total. The highest BCUT2D eigenvalue weighted by Gasteiger charge is 2.15. The van der Waals surface area contributed by atoms with Gasteiger partial charge in [0, 0.05) is 12.6 Å². The lowest BCUT2D eigenvalue weighted by Gasteiger charge is -2.26. The Bertz CT molecular complexity index is 64.9. The summed E-state index contributed by atoms with van der Waals surface area (Å²) in [5, 5.41) is 3.31. The zero-order valence-corrected chi connectivity index (χ0v) is 5.48. The van der Waals surface area contributed by atoms with Crippen molar-refractivity contribution in [2.24, 2.45) is 0 Å². The molecule has 0 radical (unpaired) electrons. The van der Waals surface area contributed by atoms with Gasteiger partial charge < -0.3 is 10.1 Å². The van der Waals surface area contributed by atoms with Crippen LogP contribution in [0.5, 0.6) is 0 Å². The van der Waals surface area contributed by atoms with E-state index < -0.39 is 0 Å². The summed E-state index contributed by atoms with van der Waals surface area (Å²) in [5.41, 5.74) is 0. The molecule has 0 saturated carbocycles. The van der Waals surface area contributed by atoms with Gasteiger partial charge >= 0.3 is 0 Å². The second kappa shape index (κ2) is 2.46. The monoisotopic (exact) mass is 115 g/mol. The van der Waals surface area contributed by atoms with Crippen molar-refractivity contribution in [1.29, 1.82) is 0 Å². The first-order valence-electron chi connectivity index (χ1n) is 3.15.